The lowest BCUT2D eigenvalue weighted by molar-refractivity contribution is -0.141. The zero-order valence-electron chi connectivity index (χ0n) is 17.5. The van der Waals surface area contributed by atoms with Gasteiger partial charge in [-0.15, -0.1) is 0 Å². The summed E-state index contributed by atoms with van der Waals surface area (Å²) in [6.07, 6.45) is -3.46. The Morgan fingerprint density at radius 2 is 1.91 bits per heavy atom. The molecule has 2 heterocycles. The molecular formula is C23H18F4N2O4. The number of hydrogen-bond donors (Lipinski definition) is 1. The zero-order chi connectivity index (χ0) is 24.1. The van der Waals surface area contributed by atoms with Gasteiger partial charge in [0.25, 0.3) is 0 Å². The Morgan fingerprint density at radius 3 is 2.55 bits per heavy atom. The van der Waals surface area contributed by atoms with Crippen molar-refractivity contribution in [3.8, 4) is 16.9 Å². The monoisotopic (exact) mass is 462 g/mol. The van der Waals surface area contributed by atoms with E-state index in [0.29, 0.717) is 0 Å². The highest BCUT2D eigenvalue weighted by atomic mass is 19.4. The number of para-hydroxylation sites is 1. The maximum atomic E-state index is 14.5. The van der Waals surface area contributed by atoms with Crippen molar-refractivity contribution in [3.63, 3.8) is 0 Å². The van der Waals surface area contributed by atoms with Crippen molar-refractivity contribution >= 4 is 11.8 Å². The molecule has 1 unspecified atom stereocenters. The van der Waals surface area contributed by atoms with E-state index in [1.807, 2.05) is 0 Å². The van der Waals surface area contributed by atoms with Crippen LogP contribution < -0.4 is 4.74 Å². The summed E-state index contributed by atoms with van der Waals surface area (Å²) in [5.41, 5.74) is -1.42. The van der Waals surface area contributed by atoms with Crippen molar-refractivity contribution in [3.05, 3.63) is 70.3 Å². The van der Waals surface area contributed by atoms with E-state index in [4.69, 9.17) is 9.84 Å². The van der Waals surface area contributed by atoms with Gasteiger partial charge in [-0.05, 0) is 37.1 Å². The number of halogens is 4. The largest absolute Gasteiger partial charge is 0.491 e. The molecule has 1 N–H and O–H groups in total. The maximum absolute atomic E-state index is 14.5. The summed E-state index contributed by atoms with van der Waals surface area (Å²) in [5, 5.41) is 12.7. The van der Waals surface area contributed by atoms with Crippen LogP contribution in [0.15, 0.2) is 36.5 Å². The molecule has 0 saturated carbocycles. The number of ketones is 1. The van der Waals surface area contributed by atoms with E-state index in [1.54, 1.807) is 6.92 Å². The fraction of sp³-hybridized carbons (Fsp3) is 0.261. The van der Waals surface area contributed by atoms with Gasteiger partial charge in [-0.3, -0.25) is 9.48 Å². The number of hydrogen-bond acceptors (Lipinski definition) is 4. The second-order valence-electron chi connectivity index (χ2n) is 7.60. The minimum Gasteiger partial charge on any atom is -0.491 e. The number of nitrogens with zero attached hydrogens (tertiary/aromatic N) is 2. The third kappa shape index (κ3) is 3.75. The summed E-state index contributed by atoms with van der Waals surface area (Å²) < 4.78 is 62.2. The Hall–Kier alpha value is -3.69. The Bertz CT molecular complexity index is 1280. The lowest BCUT2D eigenvalue weighted by Gasteiger charge is -2.27. The predicted octanol–water partition coefficient (Wildman–Crippen LogP) is 5.09. The number of rotatable bonds is 4. The topological polar surface area (TPSA) is 81.4 Å². The summed E-state index contributed by atoms with van der Waals surface area (Å²) in [6, 6.07) is 6.74. The smallest absolute Gasteiger partial charge is 0.435 e. The normalized spacial score (nSPS) is 15.8. The quantitative estimate of drug-likeness (QED) is 0.546. The molecule has 0 fully saturated rings. The lowest BCUT2D eigenvalue weighted by atomic mass is 9.84. The van der Waals surface area contributed by atoms with Crippen molar-refractivity contribution < 1.29 is 37.0 Å². The van der Waals surface area contributed by atoms with Gasteiger partial charge >= 0.3 is 12.1 Å². The van der Waals surface area contributed by atoms with Gasteiger partial charge in [0.05, 0.1) is 17.0 Å². The standard InChI is InChI=1S/C23H18F4N2O4/c1-3-29-9-16(21(28-29)23(25,26)27)13-5-4-6-15-19(30)17(10-33-20(13)15)12-7-8-14(22(31)32)18(24)11(12)2/h4-9,17H,3,10H2,1-2H3,(H,31,32). The predicted molar refractivity (Wildman–Crippen MR) is 109 cm³/mol. The molecule has 172 valence electrons. The van der Waals surface area contributed by atoms with E-state index < -0.39 is 40.9 Å². The van der Waals surface area contributed by atoms with Crippen LogP contribution in [0.25, 0.3) is 11.1 Å². The minimum absolute atomic E-state index is 0.0000319. The average Bonchev–Trinajstić information content (AvgIpc) is 3.21. The van der Waals surface area contributed by atoms with Gasteiger partial charge in [0, 0.05) is 23.9 Å². The molecule has 0 spiro atoms. The van der Waals surface area contributed by atoms with Crippen LogP contribution in [0.2, 0.25) is 0 Å². The van der Waals surface area contributed by atoms with Crippen LogP contribution in [-0.2, 0) is 12.7 Å². The van der Waals surface area contributed by atoms with E-state index in [2.05, 4.69) is 5.10 Å². The van der Waals surface area contributed by atoms with Crippen LogP contribution in [0.5, 0.6) is 5.75 Å². The Morgan fingerprint density at radius 1 is 1.21 bits per heavy atom. The van der Waals surface area contributed by atoms with E-state index >= 15 is 0 Å². The van der Waals surface area contributed by atoms with Gasteiger partial charge in [0.1, 0.15) is 18.2 Å². The number of carboxylic acid groups (broad SMARTS) is 1. The summed E-state index contributed by atoms with van der Waals surface area (Å²) in [6.45, 7) is 3.00. The summed E-state index contributed by atoms with van der Waals surface area (Å²) in [7, 11) is 0. The highest BCUT2D eigenvalue weighted by Gasteiger charge is 2.40. The van der Waals surface area contributed by atoms with Crippen LogP contribution in [-0.4, -0.2) is 33.2 Å². The van der Waals surface area contributed by atoms with Crippen LogP contribution in [0.1, 0.15) is 50.4 Å². The number of ether oxygens (including phenoxy) is 1. The molecule has 6 nitrogen and oxygen atoms in total. The molecule has 0 aliphatic carbocycles. The van der Waals surface area contributed by atoms with Crippen LogP contribution in [0, 0.1) is 12.7 Å². The second kappa shape index (κ2) is 8.02. The number of carbonyl (C=O) groups excluding carboxylic acids is 1. The van der Waals surface area contributed by atoms with E-state index in [9.17, 15) is 27.2 Å². The fourth-order valence-corrected chi connectivity index (χ4v) is 3.99. The maximum Gasteiger partial charge on any atom is 0.435 e. The SMILES string of the molecule is CCn1cc(-c2cccc3c2OCC(c2ccc(C(=O)O)c(F)c2C)C3=O)c(C(F)(F)F)n1. The molecule has 0 amide bonds. The Balaban J connectivity index is 1.80. The van der Waals surface area contributed by atoms with E-state index in [1.165, 1.54) is 37.4 Å². The lowest BCUT2D eigenvalue weighted by Crippen LogP contribution is -2.27. The van der Waals surface area contributed by atoms with Crippen LogP contribution >= 0.6 is 0 Å². The number of fused-ring (bicyclic) bond motifs is 1. The van der Waals surface area contributed by atoms with Gasteiger partial charge in [0.15, 0.2) is 11.5 Å². The molecule has 0 radical (unpaired) electrons. The summed E-state index contributed by atoms with van der Waals surface area (Å²) in [5.74, 6) is -3.78. The van der Waals surface area contributed by atoms with Gasteiger partial charge < -0.3 is 9.84 Å². The third-order valence-corrected chi connectivity index (χ3v) is 5.67. The number of carbonyl (C=O) groups is 2. The number of aromatic carboxylic acids is 1. The number of aromatic nitrogens is 2. The van der Waals surface area contributed by atoms with Crippen molar-refractivity contribution in [2.75, 3.05) is 6.61 Å². The van der Waals surface area contributed by atoms with E-state index in [0.717, 1.165) is 10.7 Å². The molecular weight excluding hydrogens is 444 g/mol. The first kappa shape index (κ1) is 22.5. The molecule has 1 atom stereocenters. The van der Waals surface area contributed by atoms with Crippen molar-refractivity contribution in [1.29, 1.82) is 0 Å². The third-order valence-electron chi connectivity index (χ3n) is 5.67. The highest BCUT2D eigenvalue weighted by molar-refractivity contribution is 6.06. The highest BCUT2D eigenvalue weighted by Crippen LogP contribution is 2.44. The van der Waals surface area contributed by atoms with Crippen LogP contribution in [0.4, 0.5) is 17.6 Å². The number of aryl methyl sites for hydroxylation is 1. The van der Waals surface area contributed by atoms with Gasteiger partial charge in [-0.1, -0.05) is 18.2 Å². The molecule has 33 heavy (non-hydrogen) atoms. The number of Topliss-reactive ketones (excluding diaryl/α,β-unsaturated/α-hetero) is 1. The first-order valence-electron chi connectivity index (χ1n) is 10.0. The first-order valence-corrected chi connectivity index (χ1v) is 10.0. The molecule has 4 rings (SSSR count). The number of alkyl halides is 3. The average molecular weight is 462 g/mol. The summed E-state index contributed by atoms with van der Waals surface area (Å²) in [4.78, 5) is 24.4. The minimum atomic E-state index is -4.71. The van der Waals surface area contributed by atoms with Gasteiger partial charge in [-0.25, -0.2) is 9.18 Å². The zero-order valence-corrected chi connectivity index (χ0v) is 17.5. The van der Waals surface area contributed by atoms with E-state index in [-0.39, 0.29) is 46.7 Å². The Labute approximate surface area is 185 Å². The number of carboxylic acids is 1. The summed E-state index contributed by atoms with van der Waals surface area (Å²) >= 11 is 0. The molecule has 2 aromatic carbocycles. The molecule has 3 aromatic rings. The van der Waals surface area contributed by atoms with Crippen molar-refractivity contribution in [1.82, 2.24) is 9.78 Å². The van der Waals surface area contributed by atoms with Crippen molar-refractivity contribution in [2.45, 2.75) is 32.5 Å². The molecule has 1 aliphatic rings. The van der Waals surface area contributed by atoms with Gasteiger partial charge in [-0.2, -0.15) is 18.3 Å². The molecule has 0 bridgehead atoms. The number of benzene rings is 2. The fourth-order valence-electron chi connectivity index (χ4n) is 3.99. The molecule has 0 saturated heterocycles. The van der Waals surface area contributed by atoms with Crippen LogP contribution in [0.3, 0.4) is 0 Å². The molecule has 1 aromatic heterocycles. The van der Waals surface area contributed by atoms with Gasteiger partial charge in [0.2, 0.25) is 0 Å². The molecule has 10 heteroatoms. The van der Waals surface area contributed by atoms with Crippen molar-refractivity contribution in [2.24, 2.45) is 0 Å². The first-order chi connectivity index (χ1) is 15.5. The molecule has 1 aliphatic heterocycles. The second-order valence-corrected chi connectivity index (χ2v) is 7.60. The Kier molecular flexibility index (Phi) is 5.47.